The Bertz CT molecular complexity index is 1420. The van der Waals surface area contributed by atoms with E-state index in [0.717, 1.165) is 89.9 Å². The van der Waals surface area contributed by atoms with Gasteiger partial charge in [0.15, 0.2) is 6.10 Å². The quantitative estimate of drug-likeness (QED) is 0.0261. The normalized spacial score (nSPS) is 12.5. The van der Waals surface area contributed by atoms with E-state index in [1.54, 1.807) is 0 Å². The van der Waals surface area contributed by atoms with E-state index in [4.69, 9.17) is 14.2 Å². The Morgan fingerprint density at radius 3 is 0.818 bits per heavy atom. The minimum atomic E-state index is -0.790. The van der Waals surface area contributed by atoms with Crippen LogP contribution in [0.15, 0.2) is 72.9 Å². The second-order valence-corrected chi connectivity index (χ2v) is 22.3. The van der Waals surface area contributed by atoms with Gasteiger partial charge in [0, 0.05) is 19.3 Å². The molecule has 0 aliphatic rings. The molecule has 0 heterocycles. The Morgan fingerprint density at radius 2 is 0.506 bits per heavy atom. The highest BCUT2D eigenvalue weighted by Crippen LogP contribution is 2.17. The number of hydrogen-bond donors (Lipinski definition) is 0. The van der Waals surface area contributed by atoms with Gasteiger partial charge in [0.2, 0.25) is 0 Å². The molecule has 0 amide bonds. The van der Waals surface area contributed by atoms with Crippen LogP contribution >= 0.6 is 0 Å². The number of allylic oxidation sites excluding steroid dienone is 12. The summed E-state index contributed by atoms with van der Waals surface area (Å²) in [4.78, 5) is 38.3. The summed E-state index contributed by atoms with van der Waals surface area (Å²) in [5, 5.41) is 0. The van der Waals surface area contributed by atoms with Crippen molar-refractivity contribution >= 4 is 17.9 Å². The molecule has 0 radical (unpaired) electrons. The third-order valence-electron chi connectivity index (χ3n) is 14.7. The summed E-state index contributed by atoms with van der Waals surface area (Å²) in [6.45, 7) is 6.53. The molecule has 0 fully saturated rings. The van der Waals surface area contributed by atoms with Crippen LogP contribution in [0.2, 0.25) is 0 Å². The summed E-state index contributed by atoms with van der Waals surface area (Å²) in [7, 11) is 0. The van der Waals surface area contributed by atoms with Crippen molar-refractivity contribution in [3.8, 4) is 0 Å². The van der Waals surface area contributed by atoms with Crippen molar-refractivity contribution in [3.63, 3.8) is 0 Å². The SMILES string of the molecule is CC/C=C\C/C=C\C/C=C\CCCCCC(=O)OCC(COC(=O)CCCCCCCCCCCCCCC/C=C\C/C=C\CCCCCCC)OC(=O)CCCCCCCCCCC/C=C\CCCCCCCCCC. The molecular formula is C71H126O6. The summed E-state index contributed by atoms with van der Waals surface area (Å²) >= 11 is 0. The summed E-state index contributed by atoms with van der Waals surface area (Å²) in [6.07, 6.45) is 84.9. The number of carbonyl (C=O) groups is 3. The van der Waals surface area contributed by atoms with Gasteiger partial charge in [-0.1, -0.05) is 286 Å². The summed E-state index contributed by atoms with van der Waals surface area (Å²) in [5.74, 6) is -0.902. The molecule has 0 aliphatic carbocycles. The zero-order valence-corrected chi connectivity index (χ0v) is 51.2. The second kappa shape index (κ2) is 65.4. The Hall–Kier alpha value is -3.15. The molecule has 0 saturated heterocycles. The lowest BCUT2D eigenvalue weighted by atomic mass is 10.0. The van der Waals surface area contributed by atoms with Crippen LogP contribution in [0.4, 0.5) is 0 Å². The molecule has 0 saturated carbocycles. The summed E-state index contributed by atoms with van der Waals surface area (Å²) in [5.41, 5.74) is 0. The molecule has 1 atom stereocenters. The van der Waals surface area contributed by atoms with Crippen molar-refractivity contribution in [2.75, 3.05) is 13.2 Å². The van der Waals surface area contributed by atoms with E-state index < -0.39 is 6.10 Å². The molecule has 0 aliphatic heterocycles. The first-order chi connectivity index (χ1) is 38.0. The number of carbonyl (C=O) groups excluding carboxylic acids is 3. The first-order valence-corrected chi connectivity index (χ1v) is 33.4. The van der Waals surface area contributed by atoms with Crippen molar-refractivity contribution < 1.29 is 28.6 Å². The first-order valence-electron chi connectivity index (χ1n) is 33.4. The van der Waals surface area contributed by atoms with Crippen LogP contribution < -0.4 is 0 Å². The van der Waals surface area contributed by atoms with Gasteiger partial charge in [0.25, 0.3) is 0 Å². The maximum absolute atomic E-state index is 12.9. The monoisotopic (exact) mass is 1070 g/mol. The van der Waals surface area contributed by atoms with E-state index in [0.29, 0.717) is 19.3 Å². The van der Waals surface area contributed by atoms with E-state index in [2.05, 4.69) is 93.7 Å². The predicted molar refractivity (Wildman–Crippen MR) is 335 cm³/mol. The van der Waals surface area contributed by atoms with Crippen molar-refractivity contribution in [2.45, 2.75) is 348 Å². The molecule has 0 spiro atoms. The Kier molecular flexibility index (Phi) is 62.7. The number of ether oxygens (including phenoxy) is 3. The molecule has 6 nitrogen and oxygen atoms in total. The van der Waals surface area contributed by atoms with Crippen molar-refractivity contribution in [3.05, 3.63) is 72.9 Å². The van der Waals surface area contributed by atoms with Crippen LogP contribution in [0.1, 0.15) is 342 Å². The minimum absolute atomic E-state index is 0.0841. The van der Waals surface area contributed by atoms with Crippen LogP contribution in [0, 0.1) is 0 Å². The van der Waals surface area contributed by atoms with Crippen LogP contribution in [0.5, 0.6) is 0 Å². The number of esters is 3. The fourth-order valence-electron chi connectivity index (χ4n) is 9.66. The third-order valence-corrected chi connectivity index (χ3v) is 14.7. The fraction of sp³-hybridized carbons (Fsp3) is 0.789. The summed E-state index contributed by atoms with van der Waals surface area (Å²) < 4.78 is 16.9. The maximum atomic E-state index is 12.9. The molecular weight excluding hydrogens is 949 g/mol. The molecule has 0 aromatic carbocycles. The van der Waals surface area contributed by atoms with Gasteiger partial charge < -0.3 is 14.2 Å². The molecule has 0 aromatic heterocycles. The van der Waals surface area contributed by atoms with Gasteiger partial charge >= 0.3 is 17.9 Å². The zero-order valence-electron chi connectivity index (χ0n) is 51.2. The van der Waals surface area contributed by atoms with Crippen molar-refractivity contribution in [1.29, 1.82) is 0 Å². The predicted octanol–water partition coefficient (Wildman–Crippen LogP) is 22.9. The van der Waals surface area contributed by atoms with Gasteiger partial charge in [0.1, 0.15) is 13.2 Å². The van der Waals surface area contributed by atoms with Crippen LogP contribution in [0.25, 0.3) is 0 Å². The van der Waals surface area contributed by atoms with Gasteiger partial charge in [-0.05, 0) is 109 Å². The third kappa shape index (κ3) is 63.6. The largest absolute Gasteiger partial charge is 0.462 e. The molecule has 0 N–H and O–H groups in total. The van der Waals surface area contributed by atoms with Crippen LogP contribution in [0.3, 0.4) is 0 Å². The lowest BCUT2D eigenvalue weighted by molar-refractivity contribution is -0.167. The maximum Gasteiger partial charge on any atom is 0.306 e. The molecule has 77 heavy (non-hydrogen) atoms. The smallest absolute Gasteiger partial charge is 0.306 e. The van der Waals surface area contributed by atoms with E-state index in [1.807, 2.05) is 0 Å². The standard InChI is InChI=1S/C71H126O6/c1-4-7-10-13-16-19-22-25-27-29-31-33-34-35-36-38-39-41-43-46-49-52-55-58-61-64-70(73)76-67-68(66-75-69(72)63-60-57-54-51-48-45-24-21-18-15-12-9-6-3)77-71(74)65-62-59-56-53-50-47-44-42-40-37-32-30-28-26-23-20-17-14-11-8-5-2/h9,12,18,21-22,25,29-32,45,48,68H,4-8,10-11,13-17,19-20,23-24,26-28,33-44,46-47,49-67H2,1-3H3/b12-9-,21-18-,25-22-,31-29-,32-30-,48-45-. The van der Waals surface area contributed by atoms with E-state index in [1.165, 1.54) is 212 Å². The van der Waals surface area contributed by atoms with Crippen LogP contribution in [-0.2, 0) is 28.6 Å². The lowest BCUT2D eigenvalue weighted by Gasteiger charge is -2.18. The van der Waals surface area contributed by atoms with Gasteiger partial charge in [-0.25, -0.2) is 0 Å². The van der Waals surface area contributed by atoms with Crippen molar-refractivity contribution in [2.24, 2.45) is 0 Å². The van der Waals surface area contributed by atoms with E-state index >= 15 is 0 Å². The minimum Gasteiger partial charge on any atom is -0.462 e. The Morgan fingerprint density at radius 1 is 0.273 bits per heavy atom. The molecule has 0 bridgehead atoms. The Balaban J connectivity index is 4.29. The second-order valence-electron chi connectivity index (χ2n) is 22.3. The van der Waals surface area contributed by atoms with E-state index in [-0.39, 0.29) is 31.1 Å². The fourth-order valence-corrected chi connectivity index (χ4v) is 9.66. The topological polar surface area (TPSA) is 78.9 Å². The van der Waals surface area contributed by atoms with Gasteiger partial charge in [-0.15, -0.1) is 0 Å². The number of unbranched alkanes of at least 4 members (excludes halogenated alkanes) is 38. The zero-order chi connectivity index (χ0) is 55.7. The molecule has 1 unspecified atom stereocenters. The number of rotatable bonds is 61. The Labute approximate surface area is 478 Å². The average molecular weight is 1080 g/mol. The van der Waals surface area contributed by atoms with Gasteiger partial charge in [-0.3, -0.25) is 14.4 Å². The molecule has 0 aromatic rings. The first kappa shape index (κ1) is 73.8. The molecule has 0 rings (SSSR count). The average Bonchev–Trinajstić information content (AvgIpc) is 3.43. The highest BCUT2D eigenvalue weighted by atomic mass is 16.6. The number of hydrogen-bond acceptors (Lipinski definition) is 6. The van der Waals surface area contributed by atoms with Crippen molar-refractivity contribution in [1.82, 2.24) is 0 Å². The van der Waals surface area contributed by atoms with Crippen LogP contribution in [-0.4, -0.2) is 37.2 Å². The van der Waals surface area contributed by atoms with E-state index in [9.17, 15) is 14.4 Å². The molecule has 6 heteroatoms. The van der Waals surface area contributed by atoms with Gasteiger partial charge in [0.05, 0.1) is 0 Å². The highest BCUT2D eigenvalue weighted by Gasteiger charge is 2.19. The molecule has 446 valence electrons. The van der Waals surface area contributed by atoms with Gasteiger partial charge in [-0.2, -0.15) is 0 Å². The highest BCUT2D eigenvalue weighted by molar-refractivity contribution is 5.71. The summed E-state index contributed by atoms with van der Waals surface area (Å²) in [6, 6.07) is 0. The lowest BCUT2D eigenvalue weighted by Crippen LogP contribution is -2.30.